The van der Waals surface area contributed by atoms with Crippen molar-refractivity contribution in [3.63, 3.8) is 0 Å². The lowest BCUT2D eigenvalue weighted by molar-refractivity contribution is 0.282. The van der Waals surface area contributed by atoms with Gasteiger partial charge in [-0.15, -0.1) is 11.3 Å². The van der Waals surface area contributed by atoms with Gasteiger partial charge in [0, 0.05) is 0 Å². The number of aromatic hydroxyl groups is 1. The van der Waals surface area contributed by atoms with Crippen LogP contribution in [0.4, 0.5) is 0 Å². The Labute approximate surface area is 147 Å². The lowest BCUT2D eigenvalue weighted by atomic mass is 9.77. The molecule has 1 aliphatic carbocycles. The molecule has 0 aliphatic heterocycles. The van der Waals surface area contributed by atoms with Crippen molar-refractivity contribution in [2.24, 2.45) is 5.41 Å². The lowest BCUT2D eigenvalue weighted by Gasteiger charge is -2.27. The number of nitrogens with zero attached hydrogens (tertiary/aromatic N) is 1. The highest BCUT2D eigenvalue weighted by molar-refractivity contribution is 7.21. The molecule has 4 rings (SSSR count). The third kappa shape index (κ3) is 2.82. The van der Waals surface area contributed by atoms with Gasteiger partial charge in [0.15, 0.2) is 0 Å². The second kappa shape index (κ2) is 6.21. The molecule has 0 bridgehead atoms. The Balaban J connectivity index is 1.71. The molecule has 1 aromatic heterocycles. The quantitative estimate of drug-likeness (QED) is 0.616. The molecule has 124 valence electrons. The molecule has 0 unspecified atom stereocenters. The van der Waals surface area contributed by atoms with E-state index in [9.17, 15) is 5.11 Å². The predicted octanol–water partition coefficient (Wildman–Crippen LogP) is 6.18. The maximum Gasteiger partial charge on any atom is 0.128 e. The number of hydrogen-bond donors (Lipinski definition) is 1. The highest BCUT2D eigenvalue weighted by Crippen LogP contribution is 2.44. The molecule has 1 fully saturated rings. The molecule has 1 saturated carbocycles. The third-order valence-electron chi connectivity index (χ3n) is 5.58. The van der Waals surface area contributed by atoms with Crippen molar-refractivity contribution in [2.75, 3.05) is 0 Å². The topological polar surface area (TPSA) is 33.1 Å². The van der Waals surface area contributed by atoms with Crippen molar-refractivity contribution in [1.82, 2.24) is 4.98 Å². The van der Waals surface area contributed by atoms with Crippen molar-refractivity contribution in [3.05, 3.63) is 48.0 Å². The van der Waals surface area contributed by atoms with Crippen LogP contribution in [-0.4, -0.2) is 10.1 Å². The summed E-state index contributed by atoms with van der Waals surface area (Å²) in [6.45, 7) is 2.32. The molecule has 2 nitrogen and oxygen atoms in total. The van der Waals surface area contributed by atoms with E-state index in [0.717, 1.165) is 27.2 Å². The minimum Gasteiger partial charge on any atom is -0.507 e. The number of benzene rings is 2. The molecular weight excluding hydrogens is 314 g/mol. The molecule has 1 N–H and O–H groups in total. The Bertz CT molecular complexity index is 828. The molecule has 1 aliphatic rings. The standard InChI is InChI=1S/C21H23NOS/c1-2-21(11-5-6-12-21)14-15-9-10-18(23)16(13-15)20-22-17-7-3-4-8-19(17)24-20/h3-4,7-10,13,23H,2,5-6,11-12,14H2,1H3. The molecule has 3 aromatic rings. The van der Waals surface area contributed by atoms with E-state index in [4.69, 9.17) is 4.98 Å². The summed E-state index contributed by atoms with van der Waals surface area (Å²) in [5, 5.41) is 11.3. The van der Waals surface area contributed by atoms with Crippen molar-refractivity contribution < 1.29 is 5.11 Å². The van der Waals surface area contributed by atoms with Gasteiger partial charge in [0.1, 0.15) is 10.8 Å². The average molecular weight is 337 g/mol. The Morgan fingerprint density at radius 3 is 2.67 bits per heavy atom. The van der Waals surface area contributed by atoms with Gasteiger partial charge in [-0.2, -0.15) is 0 Å². The first-order valence-corrected chi connectivity index (χ1v) is 9.69. The minimum atomic E-state index is 0.328. The van der Waals surface area contributed by atoms with E-state index in [2.05, 4.69) is 25.1 Å². The largest absolute Gasteiger partial charge is 0.507 e. The normalized spacial score (nSPS) is 16.7. The Hall–Kier alpha value is -1.87. The summed E-state index contributed by atoms with van der Waals surface area (Å²) in [6.07, 6.45) is 7.74. The van der Waals surface area contributed by atoms with Gasteiger partial charge in [-0.3, -0.25) is 0 Å². The highest BCUT2D eigenvalue weighted by Gasteiger charge is 2.32. The van der Waals surface area contributed by atoms with Crippen LogP contribution in [0.2, 0.25) is 0 Å². The van der Waals surface area contributed by atoms with Crippen LogP contribution in [0.1, 0.15) is 44.6 Å². The molecule has 1 heterocycles. The first-order chi connectivity index (χ1) is 11.7. The van der Waals surface area contributed by atoms with E-state index in [0.29, 0.717) is 11.2 Å². The smallest absolute Gasteiger partial charge is 0.128 e. The number of fused-ring (bicyclic) bond motifs is 1. The number of para-hydroxylation sites is 1. The van der Waals surface area contributed by atoms with Crippen LogP contribution in [0.3, 0.4) is 0 Å². The maximum absolute atomic E-state index is 10.4. The molecule has 0 spiro atoms. The summed E-state index contributed by atoms with van der Waals surface area (Å²) in [5.41, 5.74) is 3.66. The number of hydrogen-bond acceptors (Lipinski definition) is 3. The van der Waals surface area contributed by atoms with Crippen LogP contribution < -0.4 is 0 Å². The second-order valence-corrected chi connectivity index (χ2v) is 8.11. The van der Waals surface area contributed by atoms with Crippen LogP contribution in [0.25, 0.3) is 20.8 Å². The van der Waals surface area contributed by atoms with Gasteiger partial charge in [0.2, 0.25) is 0 Å². The number of phenols is 1. The fraction of sp³-hybridized carbons (Fsp3) is 0.381. The summed E-state index contributed by atoms with van der Waals surface area (Å²) >= 11 is 1.65. The Kier molecular flexibility index (Phi) is 4.05. The molecule has 24 heavy (non-hydrogen) atoms. The average Bonchev–Trinajstić information content (AvgIpc) is 3.23. The summed E-state index contributed by atoms with van der Waals surface area (Å²) in [6, 6.07) is 14.2. The summed E-state index contributed by atoms with van der Waals surface area (Å²) in [4.78, 5) is 4.71. The number of thiazole rings is 1. The second-order valence-electron chi connectivity index (χ2n) is 7.08. The van der Waals surface area contributed by atoms with Crippen LogP contribution in [0.15, 0.2) is 42.5 Å². The van der Waals surface area contributed by atoms with Gasteiger partial charge in [-0.1, -0.05) is 44.4 Å². The molecule has 0 saturated heterocycles. The van der Waals surface area contributed by atoms with E-state index in [1.165, 1.54) is 37.7 Å². The SMILES string of the molecule is CCC1(Cc2ccc(O)c(-c3nc4ccccc4s3)c2)CCCC1. The first kappa shape index (κ1) is 15.6. The van der Waals surface area contributed by atoms with Crippen molar-refractivity contribution in [3.8, 4) is 16.3 Å². The molecule has 3 heteroatoms. The summed E-state index contributed by atoms with van der Waals surface area (Å²) in [5.74, 6) is 0.328. The summed E-state index contributed by atoms with van der Waals surface area (Å²) < 4.78 is 1.16. The van der Waals surface area contributed by atoms with Gasteiger partial charge in [0.05, 0.1) is 15.8 Å². The van der Waals surface area contributed by atoms with Crippen molar-refractivity contribution >= 4 is 21.6 Å². The fourth-order valence-electron chi connectivity index (χ4n) is 4.07. The van der Waals surface area contributed by atoms with E-state index in [-0.39, 0.29) is 0 Å². The maximum atomic E-state index is 10.4. The van der Waals surface area contributed by atoms with Crippen molar-refractivity contribution in [1.29, 1.82) is 0 Å². The van der Waals surface area contributed by atoms with Crippen molar-refractivity contribution in [2.45, 2.75) is 45.4 Å². The Morgan fingerprint density at radius 1 is 1.12 bits per heavy atom. The summed E-state index contributed by atoms with van der Waals surface area (Å²) in [7, 11) is 0. The van der Waals surface area contributed by atoms with Gasteiger partial charge >= 0.3 is 0 Å². The third-order valence-corrected chi connectivity index (χ3v) is 6.65. The van der Waals surface area contributed by atoms with Crippen LogP contribution >= 0.6 is 11.3 Å². The lowest BCUT2D eigenvalue weighted by Crippen LogP contribution is -2.18. The minimum absolute atomic E-state index is 0.328. The highest BCUT2D eigenvalue weighted by atomic mass is 32.1. The van der Waals surface area contributed by atoms with E-state index >= 15 is 0 Å². The Morgan fingerprint density at radius 2 is 1.92 bits per heavy atom. The molecular formula is C21H23NOS. The van der Waals surface area contributed by atoms with Gasteiger partial charge in [0.25, 0.3) is 0 Å². The fourth-order valence-corrected chi connectivity index (χ4v) is 5.06. The van der Waals surface area contributed by atoms with E-state index in [1.54, 1.807) is 11.3 Å². The van der Waals surface area contributed by atoms with Gasteiger partial charge < -0.3 is 5.11 Å². The zero-order valence-electron chi connectivity index (χ0n) is 14.1. The first-order valence-electron chi connectivity index (χ1n) is 8.87. The predicted molar refractivity (Wildman–Crippen MR) is 102 cm³/mol. The van der Waals surface area contributed by atoms with E-state index in [1.807, 2.05) is 24.3 Å². The molecule has 0 atom stereocenters. The number of phenolic OH excluding ortho intramolecular Hbond substituents is 1. The number of rotatable bonds is 4. The zero-order chi connectivity index (χ0) is 16.6. The van der Waals surface area contributed by atoms with E-state index < -0.39 is 0 Å². The van der Waals surface area contributed by atoms with Crippen LogP contribution in [0, 0.1) is 5.41 Å². The van der Waals surface area contributed by atoms with Gasteiger partial charge in [-0.25, -0.2) is 4.98 Å². The molecule has 0 radical (unpaired) electrons. The monoisotopic (exact) mass is 337 g/mol. The van der Waals surface area contributed by atoms with Crippen LogP contribution in [0.5, 0.6) is 5.75 Å². The zero-order valence-corrected chi connectivity index (χ0v) is 14.9. The molecule has 0 amide bonds. The number of aromatic nitrogens is 1. The van der Waals surface area contributed by atoms with Gasteiger partial charge in [-0.05, 0) is 54.5 Å². The molecule has 2 aromatic carbocycles. The van der Waals surface area contributed by atoms with Crippen LogP contribution in [-0.2, 0) is 6.42 Å².